The van der Waals surface area contributed by atoms with E-state index in [4.69, 9.17) is 4.74 Å². The van der Waals surface area contributed by atoms with Gasteiger partial charge in [0.25, 0.3) is 0 Å². The molecule has 2 saturated heterocycles. The SMILES string of the molecule is CCCC(C)N1CC[C@@H]2NCCO[C@H]2C1. The highest BCUT2D eigenvalue weighted by Gasteiger charge is 2.33. The van der Waals surface area contributed by atoms with Gasteiger partial charge in [0.2, 0.25) is 0 Å². The van der Waals surface area contributed by atoms with Gasteiger partial charge in [0.1, 0.15) is 0 Å². The number of nitrogens with one attached hydrogen (secondary N) is 1. The number of rotatable bonds is 3. The summed E-state index contributed by atoms with van der Waals surface area (Å²) in [5.41, 5.74) is 0. The molecule has 3 nitrogen and oxygen atoms in total. The van der Waals surface area contributed by atoms with E-state index in [1.807, 2.05) is 0 Å². The second-order valence-electron chi connectivity index (χ2n) is 4.89. The summed E-state index contributed by atoms with van der Waals surface area (Å²) in [6.07, 6.45) is 4.28. The summed E-state index contributed by atoms with van der Waals surface area (Å²) in [5, 5.41) is 3.56. The zero-order chi connectivity index (χ0) is 10.7. The molecule has 1 N–H and O–H groups in total. The Balaban J connectivity index is 1.85. The Hall–Kier alpha value is -0.120. The van der Waals surface area contributed by atoms with Crippen LogP contribution in [0.2, 0.25) is 0 Å². The summed E-state index contributed by atoms with van der Waals surface area (Å²) in [5.74, 6) is 0. The fourth-order valence-corrected chi connectivity index (χ4v) is 2.80. The molecule has 2 rings (SSSR count). The van der Waals surface area contributed by atoms with Gasteiger partial charge >= 0.3 is 0 Å². The van der Waals surface area contributed by atoms with Gasteiger partial charge in [-0.2, -0.15) is 0 Å². The lowest BCUT2D eigenvalue weighted by molar-refractivity contribution is -0.0554. The Morgan fingerprint density at radius 3 is 3.20 bits per heavy atom. The Labute approximate surface area is 93.2 Å². The van der Waals surface area contributed by atoms with Crippen LogP contribution < -0.4 is 5.32 Å². The predicted molar refractivity (Wildman–Crippen MR) is 62.1 cm³/mol. The van der Waals surface area contributed by atoms with Gasteiger partial charge in [-0.15, -0.1) is 0 Å². The lowest BCUT2D eigenvalue weighted by atomic mass is 9.98. The van der Waals surface area contributed by atoms with E-state index in [1.54, 1.807) is 0 Å². The molecule has 0 radical (unpaired) electrons. The van der Waals surface area contributed by atoms with Gasteiger partial charge in [-0.25, -0.2) is 0 Å². The molecule has 0 saturated carbocycles. The van der Waals surface area contributed by atoms with E-state index in [-0.39, 0.29) is 0 Å². The largest absolute Gasteiger partial charge is 0.374 e. The molecule has 2 aliphatic rings. The van der Waals surface area contributed by atoms with Crippen LogP contribution in [-0.2, 0) is 4.74 Å². The summed E-state index contributed by atoms with van der Waals surface area (Å²) in [7, 11) is 0. The summed E-state index contributed by atoms with van der Waals surface area (Å²) >= 11 is 0. The van der Waals surface area contributed by atoms with Gasteiger partial charge in [-0.05, 0) is 19.8 Å². The molecule has 3 atom stereocenters. The van der Waals surface area contributed by atoms with Crippen LogP contribution in [0.15, 0.2) is 0 Å². The standard InChI is InChI=1S/C12H24N2O/c1-3-4-10(2)14-7-5-11-12(9-14)15-8-6-13-11/h10-13H,3-9H2,1-2H3/t10?,11-,12-/m0/s1. The number of morpholine rings is 1. The van der Waals surface area contributed by atoms with Crippen LogP contribution in [0.5, 0.6) is 0 Å². The third kappa shape index (κ3) is 2.71. The van der Waals surface area contributed by atoms with Crippen molar-refractivity contribution in [3.63, 3.8) is 0 Å². The van der Waals surface area contributed by atoms with E-state index in [2.05, 4.69) is 24.1 Å². The van der Waals surface area contributed by atoms with Crippen molar-refractivity contribution in [1.29, 1.82) is 0 Å². The lowest BCUT2D eigenvalue weighted by Crippen LogP contribution is -2.59. The van der Waals surface area contributed by atoms with Crippen LogP contribution >= 0.6 is 0 Å². The van der Waals surface area contributed by atoms with Crippen LogP contribution in [0.1, 0.15) is 33.1 Å². The number of fused-ring (bicyclic) bond motifs is 1. The smallest absolute Gasteiger partial charge is 0.0855 e. The van der Waals surface area contributed by atoms with Gasteiger partial charge in [0.05, 0.1) is 12.7 Å². The van der Waals surface area contributed by atoms with Crippen molar-refractivity contribution >= 4 is 0 Å². The van der Waals surface area contributed by atoms with Crippen LogP contribution in [0.25, 0.3) is 0 Å². The van der Waals surface area contributed by atoms with E-state index in [9.17, 15) is 0 Å². The summed E-state index contributed by atoms with van der Waals surface area (Å²) in [4.78, 5) is 2.59. The van der Waals surface area contributed by atoms with Gasteiger partial charge in [-0.1, -0.05) is 13.3 Å². The molecule has 0 aromatic carbocycles. The Morgan fingerprint density at radius 1 is 1.53 bits per heavy atom. The van der Waals surface area contributed by atoms with Crippen LogP contribution in [0.4, 0.5) is 0 Å². The number of hydrogen-bond acceptors (Lipinski definition) is 3. The van der Waals surface area contributed by atoms with Gasteiger partial charge in [0.15, 0.2) is 0 Å². The molecule has 1 unspecified atom stereocenters. The highest BCUT2D eigenvalue weighted by molar-refractivity contribution is 4.89. The fraction of sp³-hybridized carbons (Fsp3) is 1.00. The zero-order valence-corrected chi connectivity index (χ0v) is 10.0. The number of piperidine rings is 1. The van der Waals surface area contributed by atoms with Crippen molar-refractivity contribution in [2.75, 3.05) is 26.2 Å². The quantitative estimate of drug-likeness (QED) is 0.762. The average Bonchev–Trinajstić information content (AvgIpc) is 2.29. The molecule has 0 aliphatic carbocycles. The molecule has 15 heavy (non-hydrogen) atoms. The minimum atomic E-state index is 0.437. The molecule has 2 aliphatic heterocycles. The maximum Gasteiger partial charge on any atom is 0.0855 e. The first kappa shape index (κ1) is 11.4. The molecular formula is C12H24N2O. The molecular weight excluding hydrogens is 188 g/mol. The van der Waals surface area contributed by atoms with E-state index in [0.717, 1.165) is 25.7 Å². The van der Waals surface area contributed by atoms with Crippen molar-refractivity contribution in [2.45, 2.75) is 51.3 Å². The minimum Gasteiger partial charge on any atom is -0.374 e. The maximum atomic E-state index is 5.84. The summed E-state index contributed by atoms with van der Waals surface area (Å²) < 4.78 is 5.84. The van der Waals surface area contributed by atoms with E-state index >= 15 is 0 Å². The van der Waals surface area contributed by atoms with E-state index < -0.39 is 0 Å². The first-order valence-electron chi connectivity index (χ1n) is 6.40. The van der Waals surface area contributed by atoms with Crippen LogP contribution in [0, 0.1) is 0 Å². The summed E-state index contributed by atoms with van der Waals surface area (Å²) in [6, 6.07) is 1.34. The van der Waals surface area contributed by atoms with Crippen molar-refractivity contribution in [2.24, 2.45) is 0 Å². The average molecular weight is 212 g/mol. The third-order valence-electron chi connectivity index (χ3n) is 3.76. The van der Waals surface area contributed by atoms with Crippen LogP contribution in [0.3, 0.4) is 0 Å². The fourth-order valence-electron chi connectivity index (χ4n) is 2.80. The maximum absolute atomic E-state index is 5.84. The van der Waals surface area contributed by atoms with E-state index in [0.29, 0.717) is 12.1 Å². The van der Waals surface area contributed by atoms with Gasteiger partial charge < -0.3 is 10.1 Å². The zero-order valence-electron chi connectivity index (χ0n) is 10.0. The molecule has 88 valence electrons. The Kier molecular flexibility index (Phi) is 4.00. The van der Waals surface area contributed by atoms with Crippen molar-refractivity contribution in [3.05, 3.63) is 0 Å². The van der Waals surface area contributed by atoms with Crippen molar-refractivity contribution in [1.82, 2.24) is 10.2 Å². The molecule has 2 heterocycles. The Morgan fingerprint density at radius 2 is 2.40 bits per heavy atom. The molecule has 2 fully saturated rings. The molecule has 3 heteroatoms. The molecule has 0 bridgehead atoms. The highest BCUT2D eigenvalue weighted by Crippen LogP contribution is 2.20. The number of hydrogen-bond donors (Lipinski definition) is 1. The number of nitrogens with zero attached hydrogens (tertiary/aromatic N) is 1. The topological polar surface area (TPSA) is 24.5 Å². The van der Waals surface area contributed by atoms with Gasteiger partial charge in [0, 0.05) is 31.7 Å². The monoisotopic (exact) mass is 212 g/mol. The highest BCUT2D eigenvalue weighted by atomic mass is 16.5. The van der Waals surface area contributed by atoms with E-state index in [1.165, 1.54) is 25.8 Å². The molecule has 0 spiro atoms. The van der Waals surface area contributed by atoms with Gasteiger partial charge in [-0.3, -0.25) is 4.90 Å². The first-order chi connectivity index (χ1) is 7.31. The molecule has 0 aromatic heterocycles. The first-order valence-corrected chi connectivity index (χ1v) is 6.40. The summed E-state index contributed by atoms with van der Waals surface area (Å²) in [6.45, 7) is 8.89. The Bertz CT molecular complexity index is 198. The number of ether oxygens (including phenoxy) is 1. The molecule has 0 amide bonds. The minimum absolute atomic E-state index is 0.437. The third-order valence-corrected chi connectivity index (χ3v) is 3.76. The van der Waals surface area contributed by atoms with Crippen molar-refractivity contribution in [3.8, 4) is 0 Å². The predicted octanol–water partition coefficient (Wildman–Crippen LogP) is 1.24. The number of likely N-dealkylation sites (tertiary alicyclic amines) is 1. The normalized spacial score (nSPS) is 34.8. The van der Waals surface area contributed by atoms with Crippen LogP contribution in [-0.4, -0.2) is 49.3 Å². The second-order valence-corrected chi connectivity index (χ2v) is 4.89. The molecule has 0 aromatic rings. The van der Waals surface area contributed by atoms with Crippen molar-refractivity contribution < 1.29 is 4.74 Å². The second kappa shape index (κ2) is 5.28. The lowest BCUT2D eigenvalue weighted by Gasteiger charge is -2.43.